The van der Waals surface area contributed by atoms with Crippen LogP contribution >= 0.6 is 0 Å². The molecule has 4 unspecified atom stereocenters. The average molecular weight is 413 g/mol. The van der Waals surface area contributed by atoms with Crippen LogP contribution in [-0.2, 0) is 4.79 Å². The van der Waals surface area contributed by atoms with Crippen LogP contribution in [0.4, 0.5) is 0 Å². The maximum Gasteiger partial charge on any atom is 0.335 e. The van der Waals surface area contributed by atoms with Gasteiger partial charge in [0.05, 0.1) is 12.4 Å². The average Bonchev–Trinajstić information content (AvgIpc) is 3.05. The number of Topliss-reactive ketones (excluding diaryl/α,β-unsaturated/α-hetero) is 1. The van der Waals surface area contributed by atoms with Crippen LogP contribution in [0.15, 0.2) is 27.6 Å². The molecule has 1 spiro atoms. The summed E-state index contributed by atoms with van der Waals surface area (Å²) in [4.78, 5) is 25.1. The molecule has 0 amide bonds. The van der Waals surface area contributed by atoms with Crippen molar-refractivity contribution < 1.29 is 19.4 Å². The van der Waals surface area contributed by atoms with E-state index in [0.29, 0.717) is 11.8 Å². The molecule has 1 heterocycles. The van der Waals surface area contributed by atoms with Crippen LogP contribution < -0.4 is 5.63 Å². The van der Waals surface area contributed by atoms with Crippen molar-refractivity contribution >= 4 is 5.78 Å². The molecule has 5 nitrogen and oxygen atoms in total. The molecule has 0 saturated heterocycles. The number of fused-ring (bicyclic) bond motifs is 4. The fraction of sp³-hybridized carbons (Fsp3) is 0.760. The van der Waals surface area contributed by atoms with Gasteiger partial charge in [0.1, 0.15) is 6.10 Å². The molecule has 5 aliphatic carbocycles. The minimum absolute atomic E-state index is 0.00165. The Labute approximate surface area is 176 Å². The molecular weight excluding hydrogens is 380 g/mol. The van der Waals surface area contributed by atoms with Gasteiger partial charge in [-0.1, -0.05) is 13.8 Å². The van der Waals surface area contributed by atoms with Crippen LogP contribution in [0.1, 0.15) is 70.3 Å². The standard InChI is InChI=1S/C25H32O5/c1-23-9-7-15(26)11-14(23)4-5-17-19(23)20(28)22(29)24(2)21-16(8-10-25(17,21)24)13-3-6-18(27)30-12-13/h3,6,12,14-17,19-21,26,28H,4-5,7-11H2,1-2H3/t14-,15-,16?,17+,19?,20?,21-,23?,24+,25+/m0/s1. The summed E-state index contributed by atoms with van der Waals surface area (Å²) in [6.45, 7) is 4.38. The van der Waals surface area contributed by atoms with Gasteiger partial charge in [-0.05, 0) is 91.1 Å². The second kappa shape index (κ2) is 5.86. The molecule has 0 bridgehead atoms. The van der Waals surface area contributed by atoms with Crippen molar-refractivity contribution in [1.29, 1.82) is 0 Å². The molecular formula is C25H32O5. The second-order valence-electron chi connectivity index (χ2n) is 11.4. The predicted molar refractivity (Wildman–Crippen MR) is 110 cm³/mol. The Bertz CT molecular complexity index is 948. The molecule has 162 valence electrons. The van der Waals surface area contributed by atoms with Crippen LogP contribution in [-0.4, -0.2) is 28.2 Å². The molecule has 1 aromatic heterocycles. The van der Waals surface area contributed by atoms with E-state index in [-0.39, 0.29) is 46.1 Å². The van der Waals surface area contributed by atoms with E-state index in [4.69, 9.17) is 4.42 Å². The Kier molecular flexibility index (Phi) is 3.76. The molecule has 1 aromatic rings. The molecule has 10 atom stereocenters. The zero-order valence-corrected chi connectivity index (χ0v) is 17.8. The van der Waals surface area contributed by atoms with E-state index in [9.17, 15) is 19.8 Å². The molecule has 0 aliphatic heterocycles. The summed E-state index contributed by atoms with van der Waals surface area (Å²) in [6, 6.07) is 3.34. The zero-order valence-electron chi connectivity index (χ0n) is 17.8. The highest BCUT2D eigenvalue weighted by Gasteiger charge is 2.87. The van der Waals surface area contributed by atoms with Crippen molar-refractivity contribution in [3.05, 3.63) is 34.4 Å². The van der Waals surface area contributed by atoms with Crippen LogP contribution in [0.25, 0.3) is 0 Å². The van der Waals surface area contributed by atoms with Crippen molar-refractivity contribution in [3.8, 4) is 0 Å². The molecule has 6 rings (SSSR count). The predicted octanol–water partition coefficient (Wildman–Crippen LogP) is 3.28. The van der Waals surface area contributed by atoms with Gasteiger partial charge in [0.25, 0.3) is 0 Å². The molecule has 5 heteroatoms. The summed E-state index contributed by atoms with van der Waals surface area (Å²) in [6.07, 6.45) is 7.09. The highest BCUT2D eigenvalue weighted by molar-refractivity contribution is 5.95. The zero-order chi connectivity index (χ0) is 21.1. The van der Waals surface area contributed by atoms with Crippen molar-refractivity contribution in [2.24, 2.45) is 39.9 Å². The molecule has 30 heavy (non-hydrogen) atoms. The number of aliphatic hydroxyl groups is 2. The van der Waals surface area contributed by atoms with Crippen molar-refractivity contribution in [1.82, 2.24) is 0 Å². The normalized spacial score (nSPS) is 54.0. The fourth-order valence-electron chi connectivity index (χ4n) is 9.55. The first kappa shape index (κ1) is 19.2. The topological polar surface area (TPSA) is 87.7 Å². The van der Waals surface area contributed by atoms with E-state index in [1.165, 1.54) is 6.07 Å². The third-order valence-electron chi connectivity index (χ3n) is 10.8. The highest BCUT2D eigenvalue weighted by atomic mass is 16.4. The van der Waals surface area contributed by atoms with E-state index in [1.54, 1.807) is 6.26 Å². The van der Waals surface area contributed by atoms with Gasteiger partial charge in [0, 0.05) is 17.4 Å². The third kappa shape index (κ3) is 2.02. The summed E-state index contributed by atoms with van der Waals surface area (Å²) in [5.74, 6) is 1.24. The van der Waals surface area contributed by atoms with E-state index < -0.39 is 11.5 Å². The van der Waals surface area contributed by atoms with Crippen molar-refractivity contribution in [2.75, 3.05) is 0 Å². The SMILES string of the molecule is CC12CC[C@H](O)C[C@@H]1CC[C@@H]1C2C(O)C(=O)[C@@]2(C)[C@@H]3C(c4ccc(=O)oc4)CC[C@@]132. The number of aliphatic hydroxyl groups excluding tert-OH is 2. The lowest BCUT2D eigenvalue weighted by Gasteiger charge is -2.59. The van der Waals surface area contributed by atoms with Gasteiger partial charge < -0.3 is 14.6 Å². The highest BCUT2D eigenvalue weighted by Crippen LogP contribution is 2.88. The van der Waals surface area contributed by atoms with E-state index >= 15 is 0 Å². The van der Waals surface area contributed by atoms with Crippen LogP contribution in [0.5, 0.6) is 0 Å². The Morgan fingerprint density at radius 1 is 1.03 bits per heavy atom. The van der Waals surface area contributed by atoms with Crippen LogP contribution in [0.3, 0.4) is 0 Å². The summed E-state index contributed by atoms with van der Waals surface area (Å²) in [5, 5.41) is 21.6. The fourth-order valence-corrected chi connectivity index (χ4v) is 9.55. The lowest BCUT2D eigenvalue weighted by atomic mass is 9.45. The van der Waals surface area contributed by atoms with Crippen LogP contribution in [0.2, 0.25) is 0 Å². The number of ketones is 1. The van der Waals surface area contributed by atoms with Gasteiger partial charge in [0.2, 0.25) is 0 Å². The van der Waals surface area contributed by atoms with Crippen molar-refractivity contribution in [3.63, 3.8) is 0 Å². The summed E-state index contributed by atoms with van der Waals surface area (Å²) < 4.78 is 5.16. The van der Waals surface area contributed by atoms with Gasteiger partial charge >= 0.3 is 5.63 Å². The number of carbonyl (C=O) groups is 1. The van der Waals surface area contributed by atoms with Gasteiger partial charge in [0.15, 0.2) is 5.78 Å². The lowest BCUT2D eigenvalue weighted by molar-refractivity contribution is -0.174. The monoisotopic (exact) mass is 412 g/mol. The van der Waals surface area contributed by atoms with Crippen molar-refractivity contribution in [2.45, 2.75) is 76.9 Å². The van der Waals surface area contributed by atoms with Gasteiger partial charge in [-0.3, -0.25) is 4.79 Å². The smallest absolute Gasteiger partial charge is 0.335 e. The Hall–Kier alpha value is -1.46. The summed E-state index contributed by atoms with van der Waals surface area (Å²) in [5.41, 5.74) is 0.107. The number of rotatable bonds is 1. The van der Waals surface area contributed by atoms with E-state index in [2.05, 4.69) is 13.8 Å². The second-order valence-corrected chi connectivity index (χ2v) is 11.4. The molecule has 2 N–H and O–H groups in total. The molecule has 5 saturated carbocycles. The third-order valence-corrected chi connectivity index (χ3v) is 10.8. The van der Waals surface area contributed by atoms with E-state index in [1.807, 2.05) is 6.07 Å². The van der Waals surface area contributed by atoms with Gasteiger partial charge in [-0.15, -0.1) is 0 Å². The maximum absolute atomic E-state index is 13.7. The Balaban J connectivity index is 1.41. The molecule has 5 fully saturated rings. The molecule has 0 radical (unpaired) electrons. The molecule has 0 aromatic carbocycles. The number of hydrogen-bond acceptors (Lipinski definition) is 5. The first-order valence-corrected chi connectivity index (χ1v) is 11.7. The maximum atomic E-state index is 13.7. The Morgan fingerprint density at radius 3 is 2.57 bits per heavy atom. The first-order valence-electron chi connectivity index (χ1n) is 11.7. The quantitative estimate of drug-likeness (QED) is 0.739. The largest absolute Gasteiger partial charge is 0.431 e. The number of hydrogen-bond donors (Lipinski definition) is 2. The summed E-state index contributed by atoms with van der Waals surface area (Å²) >= 11 is 0. The number of carbonyl (C=O) groups excluding carboxylic acids is 1. The minimum atomic E-state index is -0.895. The van der Waals surface area contributed by atoms with Crippen LogP contribution in [0, 0.1) is 39.9 Å². The first-order chi connectivity index (χ1) is 14.2. The molecule has 5 aliphatic rings. The Morgan fingerprint density at radius 2 is 1.83 bits per heavy atom. The lowest BCUT2D eigenvalue weighted by Crippen LogP contribution is -2.60. The minimum Gasteiger partial charge on any atom is -0.431 e. The van der Waals surface area contributed by atoms with Gasteiger partial charge in [-0.25, -0.2) is 4.79 Å². The van der Waals surface area contributed by atoms with Gasteiger partial charge in [-0.2, -0.15) is 0 Å². The van der Waals surface area contributed by atoms with E-state index in [0.717, 1.165) is 50.5 Å². The summed E-state index contributed by atoms with van der Waals surface area (Å²) in [7, 11) is 0.